The van der Waals surface area contributed by atoms with E-state index in [2.05, 4.69) is 0 Å². The van der Waals surface area contributed by atoms with Crippen molar-refractivity contribution >= 4 is 0 Å². The van der Waals surface area contributed by atoms with Crippen molar-refractivity contribution < 1.29 is 13.9 Å². The van der Waals surface area contributed by atoms with Crippen LogP contribution in [0.3, 0.4) is 0 Å². The molecule has 0 bridgehead atoms. The molecular formula is C13H18FNO2. The Bertz CT molecular complexity index is 333. The Labute approximate surface area is 101 Å². The van der Waals surface area contributed by atoms with Crippen LogP contribution in [0.15, 0.2) is 30.3 Å². The second-order valence-electron chi connectivity index (χ2n) is 4.29. The van der Waals surface area contributed by atoms with Crippen LogP contribution in [0.4, 0.5) is 4.39 Å². The van der Waals surface area contributed by atoms with E-state index in [4.69, 9.17) is 15.2 Å². The maximum absolute atomic E-state index is 13.4. The molecule has 0 radical (unpaired) electrons. The fourth-order valence-electron chi connectivity index (χ4n) is 1.94. The Kier molecular flexibility index (Phi) is 4.48. The SMILES string of the molecule is NCC1CC(F)CC(OCc2ccccc2)O1. The molecule has 4 heteroatoms. The van der Waals surface area contributed by atoms with Gasteiger partial charge in [0, 0.05) is 19.4 Å². The summed E-state index contributed by atoms with van der Waals surface area (Å²) in [5, 5.41) is 0. The van der Waals surface area contributed by atoms with Crippen LogP contribution < -0.4 is 5.73 Å². The molecule has 3 nitrogen and oxygen atoms in total. The molecule has 2 rings (SSSR count). The monoisotopic (exact) mass is 239 g/mol. The highest BCUT2D eigenvalue weighted by atomic mass is 19.1. The van der Waals surface area contributed by atoms with Crippen LogP contribution in [0.25, 0.3) is 0 Å². The minimum Gasteiger partial charge on any atom is -0.348 e. The number of benzene rings is 1. The van der Waals surface area contributed by atoms with E-state index >= 15 is 0 Å². The molecule has 1 fully saturated rings. The minimum absolute atomic E-state index is 0.223. The first-order valence-electron chi connectivity index (χ1n) is 5.93. The van der Waals surface area contributed by atoms with Gasteiger partial charge in [0.25, 0.3) is 0 Å². The third-order valence-electron chi connectivity index (χ3n) is 2.85. The standard InChI is InChI=1S/C13H18FNO2/c14-11-6-12(8-15)17-13(7-11)16-9-10-4-2-1-3-5-10/h1-5,11-13H,6-9,15H2. The predicted molar refractivity (Wildman–Crippen MR) is 63.1 cm³/mol. The van der Waals surface area contributed by atoms with E-state index in [1.807, 2.05) is 30.3 Å². The average molecular weight is 239 g/mol. The number of ether oxygens (including phenoxy) is 2. The van der Waals surface area contributed by atoms with Gasteiger partial charge >= 0.3 is 0 Å². The van der Waals surface area contributed by atoms with E-state index in [0.29, 0.717) is 26.0 Å². The van der Waals surface area contributed by atoms with Gasteiger partial charge in [0.15, 0.2) is 6.29 Å². The number of hydrogen-bond donors (Lipinski definition) is 1. The van der Waals surface area contributed by atoms with Crippen molar-refractivity contribution in [3.63, 3.8) is 0 Å². The summed E-state index contributed by atoms with van der Waals surface area (Å²) in [7, 11) is 0. The molecule has 3 unspecified atom stereocenters. The summed E-state index contributed by atoms with van der Waals surface area (Å²) in [6, 6.07) is 9.77. The summed E-state index contributed by atoms with van der Waals surface area (Å²) in [5.74, 6) is 0. The summed E-state index contributed by atoms with van der Waals surface area (Å²) in [6.45, 7) is 0.779. The molecule has 0 amide bonds. The van der Waals surface area contributed by atoms with E-state index in [1.165, 1.54) is 0 Å². The topological polar surface area (TPSA) is 44.5 Å². The fraction of sp³-hybridized carbons (Fsp3) is 0.538. The highest BCUT2D eigenvalue weighted by Crippen LogP contribution is 2.23. The molecule has 2 N–H and O–H groups in total. The Morgan fingerprint density at radius 2 is 2.06 bits per heavy atom. The van der Waals surface area contributed by atoms with E-state index < -0.39 is 12.5 Å². The van der Waals surface area contributed by atoms with Crippen LogP contribution in [0.2, 0.25) is 0 Å². The summed E-state index contributed by atoms with van der Waals surface area (Å²) in [6.07, 6.45) is -0.907. The quantitative estimate of drug-likeness (QED) is 0.874. The molecule has 1 aliphatic heterocycles. The van der Waals surface area contributed by atoms with Gasteiger partial charge in [-0.2, -0.15) is 0 Å². The number of halogens is 1. The minimum atomic E-state index is -0.877. The van der Waals surface area contributed by atoms with Gasteiger partial charge < -0.3 is 15.2 Å². The largest absolute Gasteiger partial charge is 0.348 e. The van der Waals surface area contributed by atoms with Crippen LogP contribution in [0.1, 0.15) is 18.4 Å². The molecular weight excluding hydrogens is 221 g/mol. The Morgan fingerprint density at radius 3 is 2.76 bits per heavy atom. The summed E-state index contributed by atoms with van der Waals surface area (Å²) in [4.78, 5) is 0. The molecule has 1 heterocycles. The van der Waals surface area contributed by atoms with Crippen LogP contribution >= 0.6 is 0 Å². The van der Waals surface area contributed by atoms with Crippen molar-refractivity contribution in [1.29, 1.82) is 0 Å². The van der Waals surface area contributed by atoms with E-state index in [-0.39, 0.29) is 6.10 Å². The maximum Gasteiger partial charge on any atom is 0.161 e. The van der Waals surface area contributed by atoms with Crippen molar-refractivity contribution in [3.8, 4) is 0 Å². The summed E-state index contributed by atoms with van der Waals surface area (Å²) in [5.41, 5.74) is 6.54. The van der Waals surface area contributed by atoms with E-state index in [9.17, 15) is 4.39 Å². The third kappa shape index (κ3) is 3.77. The number of hydrogen-bond acceptors (Lipinski definition) is 3. The van der Waals surface area contributed by atoms with Crippen LogP contribution in [-0.2, 0) is 16.1 Å². The van der Waals surface area contributed by atoms with Crippen LogP contribution in [-0.4, -0.2) is 25.1 Å². The van der Waals surface area contributed by atoms with Crippen molar-refractivity contribution in [3.05, 3.63) is 35.9 Å². The Balaban J connectivity index is 1.82. The maximum atomic E-state index is 13.4. The predicted octanol–water partition coefficient (Wildman–Crippen LogP) is 2.01. The van der Waals surface area contributed by atoms with E-state index in [1.54, 1.807) is 0 Å². The van der Waals surface area contributed by atoms with Crippen molar-refractivity contribution in [2.75, 3.05) is 6.54 Å². The molecule has 3 atom stereocenters. The lowest BCUT2D eigenvalue weighted by Crippen LogP contribution is -2.39. The first kappa shape index (κ1) is 12.5. The molecule has 94 valence electrons. The van der Waals surface area contributed by atoms with Crippen LogP contribution in [0.5, 0.6) is 0 Å². The first-order valence-corrected chi connectivity index (χ1v) is 5.93. The normalized spacial score (nSPS) is 29.2. The summed E-state index contributed by atoms with van der Waals surface area (Å²) < 4.78 is 24.5. The van der Waals surface area contributed by atoms with Crippen molar-refractivity contribution in [2.45, 2.75) is 38.0 Å². The molecule has 0 saturated carbocycles. The van der Waals surface area contributed by atoms with Crippen molar-refractivity contribution in [1.82, 2.24) is 0 Å². The average Bonchev–Trinajstić information content (AvgIpc) is 2.37. The lowest BCUT2D eigenvalue weighted by Gasteiger charge is -2.31. The first-order chi connectivity index (χ1) is 8.28. The zero-order valence-electron chi connectivity index (χ0n) is 9.72. The molecule has 0 aliphatic carbocycles. The van der Waals surface area contributed by atoms with Gasteiger partial charge in [-0.1, -0.05) is 30.3 Å². The lowest BCUT2D eigenvalue weighted by atomic mass is 10.1. The second kappa shape index (κ2) is 6.10. The zero-order chi connectivity index (χ0) is 12.1. The van der Waals surface area contributed by atoms with Gasteiger partial charge in [-0.15, -0.1) is 0 Å². The molecule has 0 spiro atoms. The molecule has 0 aromatic heterocycles. The van der Waals surface area contributed by atoms with Gasteiger partial charge in [0.05, 0.1) is 12.7 Å². The molecule has 1 aromatic carbocycles. The molecule has 1 aromatic rings. The van der Waals surface area contributed by atoms with Gasteiger partial charge in [0.2, 0.25) is 0 Å². The molecule has 17 heavy (non-hydrogen) atoms. The van der Waals surface area contributed by atoms with E-state index in [0.717, 1.165) is 5.56 Å². The smallest absolute Gasteiger partial charge is 0.161 e. The number of alkyl halides is 1. The highest BCUT2D eigenvalue weighted by molar-refractivity contribution is 5.13. The van der Waals surface area contributed by atoms with Gasteiger partial charge in [-0.05, 0) is 5.56 Å². The van der Waals surface area contributed by atoms with Gasteiger partial charge in [0.1, 0.15) is 6.17 Å². The number of nitrogens with two attached hydrogens (primary N) is 1. The summed E-state index contributed by atoms with van der Waals surface area (Å²) >= 11 is 0. The van der Waals surface area contributed by atoms with Gasteiger partial charge in [-0.25, -0.2) is 4.39 Å². The Morgan fingerprint density at radius 1 is 1.29 bits per heavy atom. The lowest BCUT2D eigenvalue weighted by molar-refractivity contribution is -0.209. The highest BCUT2D eigenvalue weighted by Gasteiger charge is 2.29. The van der Waals surface area contributed by atoms with Crippen molar-refractivity contribution in [2.24, 2.45) is 5.73 Å². The molecule has 1 saturated heterocycles. The van der Waals surface area contributed by atoms with Gasteiger partial charge in [-0.3, -0.25) is 0 Å². The third-order valence-corrected chi connectivity index (χ3v) is 2.85. The molecule has 1 aliphatic rings. The van der Waals surface area contributed by atoms with Crippen LogP contribution in [0, 0.1) is 0 Å². The second-order valence-corrected chi connectivity index (χ2v) is 4.29. The fourth-order valence-corrected chi connectivity index (χ4v) is 1.94. The number of rotatable bonds is 4. The zero-order valence-corrected chi connectivity index (χ0v) is 9.72. The Hall–Kier alpha value is -0.970.